The second-order valence-corrected chi connectivity index (χ2v) is 13.8. The van der Waals surface area contributed by atoms with E-state index < -0.39 is 0 Å². The fourth-order valence-corrected chi connectivity index (χ4v) is 9.01. The first-order chi connectivity index (χ1) is 23.8. The molecule has 222 valence electrons. The molecular formula is C45H26N2S. The monoisotopic (exact) mass is 626 g/mol. The molecule has 0 atom stereocenters. The van der Waals surface area contributed by atoms with Crippen LogP contribution in [0.25, 0.3) is 103 Å². The lowest BCUT2D eigenvalue weighted by molar-refractivity contribution is 1.18. The molecule has 11 rings (SSSR count). The molecule has 0 unspecified atom stereocenters. The second kappa shape index (κ2) is 9.74. The SMILES string of the molecule is c1ccc(-n2c3ccc(-c4ccc5sc6ccccc6c5c4)cc3c3cc(-c4cc5cccc6c5c(n4)-c4ccccc4-6)ccc32)cc1. The number of rotatable bonds is 3. The molecule has 48 heavy (non-hydrogen) atoms. The van der Waals surface area contributed by atoms with Crippen LogP contribution in [0.1, 0.15) is 0 Å². The van der Waals surface area contributed by atoms with Crippen molar-refractivity contribution in [3.05, 3.63) is 158 Å². The summed E-state index contributed by atoms with van der Waals surface area (Å²) in [4.78, 5) is 5.34. The number of hydrogen-bond acceptors (Lipinski definition) is 2. The van der Waals surface area contributed by atoms with E-state index in [0.29, 0.717) is 0 Å². The summed E-state index contributed by atoms with van der Waals surface area (Å²) in [5, 5.41) is 7.59. The van der Waals surface area contributed by atoms with Crippen LogP contribution in [0.5, 0.6) is 0 Å². The van der Waals surface area contributed by atoms with Crippen molar-refractivity contribution in [2.45, 2.75) is 0 Å². The number of fused-ring (bicyclic) bond motifs is 9. The van der Waals surface area contributed by atoms with E-state index in [2.05, 4.69) is 162 Å². The molecule has 3 heterocycles. The lowest BCUT2D eigenvalue weighted by atomic mass is 9.99. The zero-order chi connectivity index (χ0) is 31.3. The van der Waals surface area contributed by atoms with Gasteiger partial charge in [0.25, 0.3) is 0 Å². The number of aromatic nitrogens is 2. The molecule has 0 saturated carbocycles. The summed E-state index contributed by atoms with van der Waals surface area (Å²) < 4.78 is 5.05. The Balaban J connectivity index is 1.14. The first-order valence-corrected chi connectivity index (χ1v) is 17.2. The van der Waals surface area contributed by atoms with E-state index in [4.69, 9.17) is 4.98 Å². The molecule has 0 fully saturated rings. The van der Waals surface area contributed by atoms with E-state index in [0.717, 1.165) is 22.6 Å². The highest BCUT2D eigenvalue weighted by Gasteiger charge is 2.23. The summed E-state index contributed by atoms with van der Waals surface area (Å²) in [6, 6.07) is 57.7. The zero-order valence-corrected chi connectivity index (χ0v) is 26.6. The third-order valence-electron chi connectivity index (χ3n) is 10.1. The van der Waals surface area contributed by atoms with Gasteiger partial charge in [-0.15, -0.1) is 11.3 Å². The Hall–Kier alpha value is -6.03. The zero-order valence-electron chi connectivity index (χ0n) is 25.8. The minimum absolute atomic E-state index is 1.000. The van der Waals surface area contributed by atoms with Crippen LogP contribution in [0.2, 0.25) is 0 Å². The lowest BCUT2D eigenvalue weighted by Crippen LogP contribution is -1.93. The molecule has 1 aliphatic rings. The third kappa shape index (κ3) is 3.65. The van der Waals surface area contributed by atoms with Crippen LogP contribution in [0.4, 0.5) is 0 Å². The van der Waals surface area contributed by atoms with Crippen molar-refractivity contribution in [2.75, 3.05) is 0 Å². The second-order valence-electron chi connectivity index (χ2n) is 12.7. The molecule has 0 spiro atoms. The van der Waals surface area contributed by atoms with Crippen molar-refractivity contribution in [1.29, 1.82) is 0 Å². The molecule has 1 aliphatic carbocycles. The molecule has 0 aliphatic heterocycles. The topological polar surface area (TPSA) is 17.8 Å². The van der Waals surface area contributed by atoms with Crippen molar-refractivity contribution in [1.82, 2.24) is 9.55 Å². The fraction of sp³-hybridized carbons (Fsp3) is 0. The first kappa shape index (κ1) is 26.1. The molecular weight excluding hydrogens is 601 g/mol. The van der Waals surface area contributed by atoms with Crippen LogP contribution in [-0.2, 0) is 0 Å². The maximum absolute atomic E-state index is 5.34. The molecule has 3 heteroatoms. The van der Waals surface area contributed by atoms with Gasteiger partial charge in [-0.1, -0.05) is 97.1 Å². The number of benzene rings is 7. The quantitative estimate of drug-likeness (QED) is 0.191. The molecule has 2 nitrogen and oxygen atoms in total. The predicted octanol–water partition coefficient (Wildman–Crippen LogP) is 12.7. The number of thiophene rings is 1. The van der Waals surface area contributed by atoms with E-state index in [1.807, 2.05) is 11.3 Å². The standard InChI is InChI=1S/C45H26N2S/c1-2-10-31(11-3-1)47-40-20-17-27(28-19-22-43-38(24-28)33-13-6-7-16-42(33)48-43)23-36(40)37-25-29(18-21-41(37)47)39-26-30-9-8-15-34-32-12-4-5-14-35(32)45(46-39)44(30)34/h1-26H. The van der Waals surface area contributed by atoms with Crippen LogP contribution in [0, 0.1) is 0 Å². The van der Waals surface area contributed by atoms with E-state index in [-0.39, 0.29) is 0 Å². The molecule has 0 amide bonds. The Morgan fingerprint density at radius 1 is 0.438 bits per heavy atom. The van der Waals surface area contributed by atoms with Crippen LogP contribution in [0.3, 0.4) is 0 Å². The highest BCUT2D eigenvalue weighted by atomic mass is 32.1. The Morgan fingerprint density at radius 2 is 1.08 bits per heavy atom. The van der Waals surface area contributed by atoms with Gasteiger partial charge in [0.05, 0.1) is 22.4 Å². The fourth-order valence-electron chi connectivity index (χ4n) is 7.93. The Kier molecular flexibility index (Phi) is 5.29. The number of pyridine rings is 1. The smallest absolute Gasteiger partial charge is 0.0800 e. The maximum Gasteiger partial charge on any atom is 0.0800 e. The summed E-state index contributed by atoms with van der Waals surface area (Å²) in [6.45, 7) is 0. The number of hydrogen-bond donors (Lipinski definition) is 0. The average molecular weight is 627 g/mol. The van der Waals surface area contributed by atoms with E-state index in [9.17, 15) is 0 Å². The molecule has 0 radical (unpaired) electrons. The van der Waals surface area contributed by atoms with Gasteiger partial charge in [-0.2, -0.15) is 0 Å². The van der Waals surface area contributed by atoms with Gasteiger partial charge >= 0.3 is 0 Å². The van der Waals surface area contributed by atoms with Gasteiger partial charge in [0, 0.05) is 53.1 Å². The minimum atomic E-state index is 1.000. The first-order valence-electron chi connectivity index (χ1n) is 16.4. The van der Waals surface area contributed by atoms with Crippen molar-refractivity contribution in [2.24, 2.45) is 0 Å². The maximum atomic E-state index is 5.34. The highest BCUT2D eigenvalue weighted by molar-refractivity contribution is 7.25. The molecule has 10 aromatic rings. The molecule has 3 aromatic heterocycles. The van der Waals surface area contributed by atoms with Gasteiger partial charge in [-0.05, 0) is 88.3 Å². The highest BCUT2D eigenvalue weighted by Crippen LogP contribution is 2.47. The van der Waals surface area contributed by atoms with Gasteiger partial charge < -0.3 is 4.57 Å². The largest absolute Gasteiger partial charge is 0.309 e. The molecule has 0 saturated heterocycles. The molecule has 0 bridgehead atoms. The van der Waals surface area contributed by atoms with Gasteiger partial charge in [-0.25, -0.2) is 4.98 Å². The van der Waals surface area contributed by atoms with Gasteiger partial charge in [-0.3, -0.25) is 0 Å². The number of nitrogens with zero attached hydrogens (tertiary/aromatic N) is 2. The Morgan fingerprint density at radius 3 is 1.94 bits per heavy atom. The summed E-state index contributed by atoms with van der Waals surface area (Å²) in [7, 11) is 0. The van der Waals surface area contributed by atoms with Crippen LogP contribution in [0.15, 0.2) is 158 Å². The average Bonchev–Trinajstić information content (AvgIpc) is 3.80. The summed E-state index contributed by atoms with van der Waals surface area (Å²) in [6.07, 6.45) is 0. The number of para-hydroxylation sites is 1. The van der Waals surface area contributed by atoms with E-state index in [1.54, 1.807) is 0 Å². The molecule has 7 aromatic carbocycles. The minimum Gasteiger partial charge on any atom is -0.309 e. The van der Waals surface area contributed by atoms with E-state index >= 15 is 0 Å². The third-order valence-corrected chi connectivity index (χ3v) is 11.3. The van der Waals surface area contributed by atoms with Gasteiger partial charge in [0.1, 0.15) is 0 Å². The van der Waals surface area contributed by atoms with Crippen molar-refractivity contribution in [3.8, 4) is 50.5 Å². The van der Waals surface area contributed by atoms with Crippen LogP contribution in [-0.4, -0.2) is 9.55 Å². The Labute approximate surface area is 280 Å². The Bertz CT molecular complexity index is 2950. The summed E-state index contributed by atoms with van der Waals surface area (Å²) in [5.41, 5.74) is 13.0. The van der Waals surface area contributed by atoms with Crippen LogP contribution < -0.4 is 0 Å². The summed E-state index contributed by atoms with van der Waals surface area (Å²) >= 11 is 1.86. The lowest BCUT2D eigenvalue weighted by Gasteiger charge is -2.09. The summed E-state index contributed by atoms with van der Waals surface area (Å²) in [5.74, 6) is 0. The van der Waals surface area contributed by atoms with E-state index in [1.165, 1.54) is 80.6 Å². The van der Waals surface area contributed by atoms with Gasteiger partial charge in [0.2, 0.25) is 0 Å². The predicted molar refractivity (Wildman–Crippen MR) is 204 cm³/mol. The van der Waals surface area contributed by atoms with Crippen LogP contribution >= 0.6 is 11.3 Å². The molecule has 0 N–H and O–H groups in total. The van der Waals surface area contributed by atoms with Crippen molar-refractivity contribution in [3.63, 3.8) is 0 Å². The van der Waals surface area contributed by atoms with Crippen molar-refractivity contribution < 1.29 is 0 Å². The van der Waals surface area contributed by atoms with Gasteiger partial charge in [0.15, 0.2) is 0 Å². The van der Waals surface area contributed by atoms with Crippen molar-refractivity contribution >= 4 is 64.1 Å². The normalized spacial score (nSPS) is 12.2.